The lowest BCUT2D eigenvalue weighted by Gasteiger charge is -2.19. The number of unbranched alkanes of at least 4 members (excludes halogenated alkanes) is 45. The maximum absolute atomic E-state index is 6.90. The van der Waals surface area contributed by atoms with E-state index in [0.717, 1.165) is 213 Å². The molecular weight excluding hydrogens is 1540 g/mol. The normalized spacial score (nSPS) is 11.5. The minimum Gasteiger partial charge on any atom is -0.490 e. The molecule has 0 atom stereocenters. The summed E-state index contributed by atoms with van der Waals surface area (Å²) >= 11 is 5.07. The molecule has 0 N–H and O–H groups in total. The second-order valence-electron chi connectivity index (χ2n) is 33.7. The van der Waals surface area contributed by atoms with Gasteiger partial charge in [-0.3, -0.25) is 0 Å². The van der Waals surface area contributed by atoms with Crippen LogP contribution < -0.4 is 42.6 Å². The quantitative estimate of drug-likeness (QED) is 0.0337. The summed E-state index contributed by atoms with van der Waals surface area (Å²) in [7, 11) is 0. The minimum atomic E-state index is 0.611. The molecule has 0 aliphatic rings. The van der Waals surface area contributed by atoms with Crippen LogP contribution in [-0.2, 0) is 0 Å². The molecular formula is C105H165N3O9S3. The molecule has 4 heterocycles. The van der Waals surface area contributed by atoms with Crippen LogP contribution in [-0.4, -0.2) is 74.4 Å². The van der Waals surface area contributed by atoms with Gasteiger partial charge in [-0.25, -0.2) is 15.0 Å². The summed E-state index contributed by atoms with van der Waals surface area (Å²) in [5.41, 5.74) is 3.05. The molecule has 15 heteroatoms. The largest absolute Gasteiger partial charge is 0.490 e. The van der Waals surface area contributed by atoms with E-state index in [2.05, 4.69) is 135 Å². The Morgan fingerprint density at radius 2 is 0.317 bits per heavy atom. The predicted molar refractivity (Wildman–Crippen MR) is 516 cm³/mol. The van der Waals surface area contributed by atoms with Gasteiger partial charge in [0.25, 0.3) is 0 Å². The maximum Gasteiger partial charge on any atom is 0.203 e. The van der Waals surface area contributed by atoms with Gasteiger partial charge in [0.15, 0.2) is 52.0 Å². The third-order valence-electron chi connectivity index (χ3n) is 22.8. The molecule has 0 fully saturated rings. The van der Waals surface area contributed by atoms with Gasteiger partial charge in [0, 0.05) is 14.6 Å². The van der Waals surface area contributed by atoms with Crippen molar-refractivity contribution in [1.82, 2.24) is 15.0 Å². The van der Waals surface area contributed by atoms with Crippen LogP contribution >= 0.6 is 34.0 Å². The van der Waals surface area contributed by atoms with Gasteiger partial charge < -0.3 is 42.6 Å². The molecule has 0 bridgehead atoms. The van der Waals surface area contributed by atoms with Crippen LogP contribution in [0.3, 0.4) is 0 Å². The summed E-state index contributed by atoms with van der Waals surface area (Å²) in [5.74, 6) is 8.49. The number of thiophene rings is 3. The van der Waals surface area contributed by atoms with Crippen molar-refractivity contribution in [2.24, 2.45) is 0 Å². The summed E-state index contributed by atoms with van der Waals surface area (Å²) in [6, 6.07) is 26.4. The van der Waals surface area contributed by atoms with E-state index in [1.165, 1.54) is 231 Å². The lowest BCUT2D eigenvalue weighted by atomic mass is 10.1. The van der Waals surface area contributed by atoms with Crippen molar-refractivity contribution in [1.29, 1.82) is 0 Å². The van der Waals surface area contributed by atoms with E-state index >= 15 is 0 Å². The van der Waals surface area contributed by atoms with Gasteiger partial charge in [-0.15, -0.1) is 34.0 Å². The zero-order valence-electron chi connectivity index (χ0n) is 77.2. The molecule has 7 aromatic rings. The molecule has 0 radical (unpaired) electrons. The zero-order valence-corrected chi connectivity index (χ0v) is 79.7. The molecule has 0 aliphatic carbocycles. The van der Waals surface area contributed by atoms with Crippen molar-refractivity contribution >= 4 is 34.0 Å². The monoisotopic (exact) mass is 1710 g/mol. The van der Waals surface area contributed by atoms with E-state index in [-0.39, 0.29) is 0 Å². The molecule has 12 nitrogen and oxygen atoms in total. The van der Waals surface area contributed by atoms with Gasteiger partial charge >= 0.3 is 0 Å². The average Bonchev–Trinajstić information content (AvgIpc) is 1.66. The van der Waals surface area contributed by atoms with E-state index in [4.69, 9.17) is 57.6 Å². The highest BCUT2D eigenvalue weighted by molar-refractivity contribution is 7.19. The number of aromatic nitrogens is 3. The standard InChI is InChI=1S/C105H165N3O9S3/c1-10-19-28-37-46-55-70-109-88-79-85(80-89(110-71-56-47-38-29-20-11-2)100(88)115-76-61-52-43-34-25-16-7)94-64-67-97(118-94)103-106-104(98-68-65-95(119-98)86-81-90(111-72-57-48-39-30-21-12-3)101(116-77-62-53-44-35-26-17-8)91(82-86)112-73-58-49-40-31-22-13-4)108-105(107-103)99-69-66-96(120-99)87-83-92(113-74-59-50-41-32-23-14-5)102(117-78-63-54-45-36-27-18-9)93(84-87)114-75-60-51-42-33-24-15-6/h64-69,79-84H,10-63,70-78H2,1-9H3. The van der Waals surface area contributed by atoms with Crippen molar-refractivity contribution in [3.05, 3.63) is 72.8 Å². The van der Waals surface area contributed by atoms with E-state index in [1.54, 1.807) is 34.0 Å². The number of benzene rings is 3. The van der Waals surface area contributed by atoms with Crippen LogP contribution in [0.5, 0.6) is 51.7 Å². The SMILES string of the molecule is CCCCCCCCOc1cc(-c2ccc(-c3nc(-c4ccc(-c5cc(OCCCCCCCC)c(OCCCCCCCC)c(OCCCCCCCC)c5)s4)nc(-c4ccc(-c5cc(OCCCCCCCC)c(OCCCCCCCC)c(OCCCCCCCC)c5)s4)n3)s2)cc(OCCCCCCCC)c1OCCCCCCCC. The Bertz CT molecular complexity index is 3210. The van der Waals surface area contributed by atoms with Crippen molar-refractivity contribution < 1.29 is 42.6 Å². The first kappa shape index (κ1) is 101. The smallest absolute Gasteiger partial charge is 0.203 e. The number of ether oxygens (including phenoxy) is 9. The molecule has 7 rings (SSSR count). The predicted octanol–water partition coefficient (Wildman–Crippen LogP) is 34.7. The van der Waals surface area contributed by atoms with Crippen LogP contribution in [0.15, 0.2) is 72.8 Å². The molecule has 0 amide bonds. The van der Waals surface area contributed by atoms with Crippen LogP contribution in [0.25, 0.3) is 63.4 Å². The maximum atomic E-state index is 6.90. The van der Waals surface area contributed by atoms with Crippen molar-refractivity contribution in [3.63, 3.8) is 0 Å². The Labute approximate surface area is 743 Å². The lowest BCUT2D eigenvalue weighted by Crippen LogP contribution is -2.06. The Morgan fingerprint density at radius 1 is 0.175 bits per heavy atom. The van der Waals surface area contributed by atoms with E-state index in [9.17, 15) is 0 Å². The number of hydrogen-bond acceptors (Lipinski definition) is 15. The minimum absolute atomic E-state index is 0.611. The second-order valence-corrected chi connectivity index (χ2v) is 37.0. The first-order chi connectivity index (χ1) is 59.3. The van der Waals surface area contributed by atoms with Crippen molar-refractivity contribution in [2.75, 3.05) is 59.5 Å². The number of hydrogen-bond donors (Lipinski definition) is 0. The molecule has 0 spiro atoms. The molecule has 672 valence electrons. The molecule has 120 heavy (non-hydrogen) atoms. The zero-order chi connectivity index (χ0) is 84.8. The van der Waals surface area contributed by atoms with Gasteiger partial charge in [-0.2, -0.15) is 0 Å². The Balaban J connectivity index is 1.36. The summed E-state index contributed by atoms with van der Waals surface area (Å²) in [4.78, 5) is 22.6. The fraction of sp³-hybridized carbons (Fsp3) is 0.686. The lowest BCUT2D eigenvalue weighted by molar-refractivity contribution is 0.234. The van der Waals surface area contributed by atoms with Crippen LogP contribution in [0.1, 0.15) is 409 Å². The highest BCUT2D eigenvalue weighted by Gasteiger charge is 2.25. The van der Waals surface area contributed by atoms with E-state index < -0.39 is 0 Å². The second kappa shape index (κ2) is 65.6. The Hall–Kier alpha value is -6.03. The number of nitrogens with zero attached hydrogens (tertiary/aromatic N) is 3. The summed E-state index contributed by atoms with van der Waals surface area (Å²) < 4.78 is 61.9. The van der Waals surface area contributed by atoms with Crippen molar-refractivity contribution in [3.8, 4) is 115 Å². The van der Waals surface area contributed by atoms with Gasteiger partial charge in [-0.05, 0) is 147 Å². The first-order valence-corrected chi connectivity index (χ1v) is 52.0. The third-order valence-corrected chi connectivity index (χ3v) is 26.2. The summed E-state index contributed by atoms with van der Waals surface area (Å²) in [5, 5.41) is 0. The van der Waals surface area contributed by atoms with Gasteiger partial charge in [0.05, 0.1) is 74.1 Å². The van der Waals surface area contributed by atoms with Crippen LogP contribution in [0, 0.1) is 0 Å². The fourth-order valence-electron chi connectivity index (χ4n) is 15.3. The molecule has 0 aliphatic heterocycles. The van der Waals surface area contributed by atoms with E-state index in [0.29, 0.717) is 76.9 Å². The molecule has 0 saturated carbocycles. The van der Waals surface area contributed by atoms with Crippen molar-refractivity contribution in [2.45, 2.75) is 409 Å². The van der Waals surface area contributed by atoms with E-state index in [1.807, 2.05) is 0 Å². The highest BCUT2D eigenvalue weighted by atomic mass is 32.1. The highest BCUT2D eigenvalue weighted by Crippen LogP contribution is 2.49. The Morgan fingerprint density at radius 3 is 0.483 bits per heavy atom. The van der Waals surface area contributed by atoms with Gasteiger partial charge in [0.2, 0.25) is 17.2 Å². The Kier molecular flexibility index (Phi) is 55.2. The first-order valence-electron chi connectivity index (χ1n) is 49.6. The molecule has 3 aromatic carbocycles. The molecule has 0 unspecified atom stereocenters. The third kappa shape index (κ3) is 39.9. The average molecular weight is 1710 g/mol. The summed E-state index contributed by atoms with van der Waals surface area (Å²) in [6.07, 6.45) is 63.9. The molecule has 4 aromatic heterocycles. The fourth-order valence-corrected chi connectivity index (χ4v) is 18.1. The number of rotatable bonds is 78. The van der Waals surface area contributed by atoms with Gasteiger partial charge in [-0.1, -0.05) is 351 Å². The molecule has 0 saturated heterocycles. The topological polar surface area (TPSA) is 122 Å². The van der Waals surface area contributed by atoms with Crippen LogP contribution in [0.4, 0.5) is 0 Å². The van der Waals surface area contributed by atoms with Crippen LogP contribution in [0.2, 0.25) is 0 Å². The van der Waals surface area contributed by atoms with Gasteiger partial charge in [0.1, 0.15) is 0 Å². The summed E-state index contributed by atoms with van der Waals surface area (Å²) in [6.45, 7) is 26.1.